The Balaban J connectivity index is 1.65. The van der Waals surface area contributed by atoms with Crippen molar-refractivity contribution >= 4 is 22.9 Å². The third-order valence-electron chi connectivity index (χ3n) is 3.10. The molecule has 0 saturated carbocycles. The van der Waals surface area contributed by atoms with Gasteiger partial charge in [0.1, 0.15) is 5.82 Å². The molecule has 106 valence electrons. The number of anilines is 1. The van der Waals surface area contributed by atoms with Crippen molar-refractivity contribution in [1.29, 1.82) is 0 Å². The van der Waals surface area contributed by atoms with Crippen LogP contribution in [0.25, 0.3) is 11.3 Å². The van der Waals surface area contributed by atoms with Gasteiger partial charge in [-0.05, 0) is 36.1 Å². The number of imidazole rings is 1. The van der Waals surface area contributed by atoms with E-state index in [0.717, 1.165) is 27.6 Å². The molecule has 3 rings (SSSR count). The Kier molecular flexibility index (Phi) is 3.83. The van der Waals surface area contributed by atoms with Crippen molar-refractivity contribution in [2.75, 3.05) is 5.32 Å². The van der Waals surface area contributed by atoms with E-state index in [4.69, 9.17) is 0 Å². The normalized spacial score (nSPS) is 10.5. The average molecular weight is 297 g/mol. The number of nitrogens with zero attached hydrogens (tertiary/aromatic N) is 1. The molecule has 0 atom stereocenters. The number of hydrogen-bond donors (Lipinski definition) is 2. The second-order valence-corrected chi connectivity index (χ2v) is 5.80. The average Bonchev–Trinajstić information content (AvgIpc) is 3.11. The minimum absolute atomic E-state index is 0.00239. The summed E-state index contributed by atoms with van der Waals surface area (Å²) in [5, 5.41) is 4.88. The number of hydrogen-bond acceptors (Lipinski definition) is 3. The van der Waals surface area contributed by atoms with Gasteiger partial charge < -0.3 is 10.3 Å². The fourth-order valence-corrected chi connectivity index (χ4v) is 2.78. The van der Waals surface area contributed by atoms with Gasteiger partial charge in [0.2, 0.25) is 5.91 Å². The summed E-state index contributed by atoms with van der Waals surface area (Å²) in [5.74, 6) is 0.890. The highest BCUT2D eigenvalue weighted by atomic mass is 32.1. The van der Waals surface area contributed by atoms with E-state index < -0.39 is 0 Å². The molecule has 1 aromatic carbocycles. The Hall–Kier alpha value is -2.40. The molecule has 3 aromatic rings. The standard InChI is InChI=1S/C16H15N3OS/c1-11-17-10-15(18-11)12-4-6-13(7-5-12)19-16(20)9-14-3-2-8-21-14/h2-8,10H,9H2,1H3,(H,17,18)(H,19,20). The highest BCUT2D eigenvalue weighted by Gasteiger charge is 2.06. The van der Waals surface area contributed by atoms with Gasteiger partial charge in [-0.3, -0.25) is 4.79 Å². The Morgan fingerprint density at radius 2 is 2.10 bits per heavy atom. The van der Waals surface area contributed by atoms with Crippen LogP contribution in [-0.4, -0.2) is 15.9 Å². The Labute approximate surface area is 126 Å². The molecule has 0 unspecified atom stereocenters. The topological polar surface area (TPSA) is 57.8 Å². The Morgan fingerprint density at radius 1 is 1.29 bits per heavy atom. The number of rotatable bonds is 4. The van der Waals surface area contributed by atoms with Crippen LogP contribution in [0.5, 0.6) is 0 Å². The highest BCUT2D eigenvalue weighted by molar-refractivity contribution is 7.10. The number of thiophene rings is 1. The van der Waals surface area contributed by atoms with E-state index in [-0.39, 0.29) is 5.91 Å². The molecule has 0 aliphatic carbocycles. The number of amides is 1. The second-order valence-electron chi connectivity index (χ2n) is 4.76. The fraction of sp³-hybridized carbons (Fsp3) is 0.125. The first-order valence-electron chi connectivity index (χ1n) is 6.65. The first kappa shape index (κ1) is 13.6. The number of aryl methyl sites for hydroxylation is 1. The molecule has 0 fully saturated rings. The molecule has 0 radical (unpaired) electrons. The van der Waals surface area contributed by atoms with E-state index in [0.29, 0.717) is 6.42 Å². The third kappa shape index (κ3) is 3.38. The first-order valence-corrected chi connectivity index (χ1v) is 7.53. The van der Waals surface area contributed by atoms with E-state index in [1.54, 1.807) is 17.5 Å². The van der Waals surface area contributed by atoms with Crippen molar-refractivity contribution < 1.29 is 4.79 Å². The quantitative estimate of drug-likeness (QED) is 0.772. The zero-order valence-electron chi connectivity index (χ0n) is 11.6. The van der Waals surface area contributed by atoms with Crippen LogP contribution in [0.1, 0.15) is 10.7 Å². The van der Waals surface area contributed by atoms with E-state index in [2.05, 4.69) is 15.3 Å². The summed E-state index contributed by atoms with van der Waals surface area (Å²) in [6.07, 6.45) is 2.22. The van der Waals surface area contributed by atoms with E-state index in [9.17, 15) is 4.79 Å². The van der Waals surface area contributed by atoms with Gasteiger partial charge in [0.25, 0.3) is 0 Å². The molecule has 5 heteroatoms. The number of carbonyl (C=O) groups excluding carboxylic acids is 1. The lowest BCUT2D eigenvalue weighted by Gasteiger charge is -2.05. The molecule has 0 spiro atoms. The lowest BCUT2D eigenvalue weighted by molar-refractivity contribution is -0.115. The first-order chi connectivity index (χ1) is 10.2. The van der Waals surface area contributed by atoms with Gasteiger partial charge in [0.15, 0.2) is 0 Å². The summed E-state index contributed by atoms with van der Waals surface area (Å²) in [7, 11) is 0. The predicted octanol–water partition coefficient (Wildman–Crippen LogP) is 3.63. The van der Waals surface area contributed by atoms with Gasteiger partial charge >= 0.3 is 0 Å². The Morgan fingerprint density at radius 3 is 2.71 bits per heavy atom. The maximum absolute atomic E-state index is 11.9. The predicted molar refractivity (Wildman–Crippen MR) is 85.4 cm³/mol. The monoisotopic (exact) mass is 297 g/mol. The van der Waals surface area contributed by atoms with Crippen LogP contribution >= 0.6 is 11.3 Å². The number of H-pyrrole nitrogens is 1. The molecule has 0 aliphatic heterocycles. The number of carbonyl (C=O) groups is 1. The third-order valence-corrected chi connectivity index (χ3v) is 3.97. The summed E-state index contributed by atoms with van der Waals surface area (Å²) < 4.78 is 0. The molecule has 4 nitrogen and oxygen atoms in total. The molecule has 1 amide bonds. The minimum atomic E-state index is 0.00239. The van der Waals surface area contributed by atoms with Gasteiger partial charge in [0.05, 0.1) is 18.3 Å². The molecular weight excluding hydrogens is 282 g/mol. The summed E-state index contributed by atoms with van der Waals surface area (Å²) in [6.45, 7) is 1.92. The summed E-state index contributed by atoms with van der Waals surface area (Å²) in [4.78, 5) is 20.4. The van der Waals surface area contributed by atoms with Crippen molar-refractivity contribution in [3.05, 3.63) is 58.7 Å². The molecule has 2 aromatic heterocycles. The van der Waals surface area contributed by atoms with Crippen molar-refractivity contribution in [3.63, 3.8) is 0 Å². The molecule has 0 saturated heterocycles. The van der Waals surface area contributed by atoms with Crippen LogP contribution in [0.3, 0.4) is 0 Å². The van der Waals surface area contributed by atoms with Crippen LogP contribution in [0.15, 0.2) is 48.0 Å². The van der Waals surface area contributed by atoms with Crippen molar-refractivity contribution in [1.82, 2.24) is 9.97 Å². The van der Waals surface area contributed by atoms with Gasteiger partial charge in [-0.15, -0.1) is 11.3 Å². The van der Waals surface area contributed by atoms with Crippen molar-refractivity contribution in [2.24, 2.45) is 0 Å². The van der Waals surface area contributed by atoms with Crippen molar-refractivity contribution in [3.8, 4) is 11.3 Å². The number of nitrogens with one attached hydrogen (secondary N) is 2. The number of benzene rings is 1. The van der Waals surface area contributed by atoms with Crippen LogP contribution < -0.4 is 5.32 Å². The minimum Gasteiger partial charge on any atom is -0.342 e. The lowest BCUT2D eigenvalue weighted by Crippen LogP contribution is -2.13. The fourth-order valence-electron chi connectivity index (χ4n) is 2.08. The summed E-state index contributed by atoms with van der Waals surface area (Å²) in [5.41, 5.74) is 2.83. The maximum Gasteiger partial charge on any atom is 0.229 e. The number of aromatic amines is 1. The second kappa shape index (κ2) is 5.93. The van der Waals surface area contributed by atoms with Gasteiger partial charge in [0, 0.05) is 10.6 Å². The maximum atomic E-state index is 11.9. The summed E-state index contributed by atoms with van der Waals surface area (Å²) >= 11 is 1.59. The van der Waals surface area contributed by atoms with Gasteiger partial charge in [-0.2, -0.15) is 0 Å². The molecule has 0 aliphatic rings. The van der Waals surface area contributed by atoms with Crippen LogP contribution in [-0.2, 0) is 11.2 Å². The highest BCUT2D eigenvalue weighted by Crippen LogP contribution is 2.20. The molecular formula is C16H15N3OS. The zero-order valence-corrected chi connectivity index (χ0v) is 12.4. The molecule has 21 heavy (non-hydrogen) atoms. The Bertz CT molecular complexity index is 729. The van der Waals surface area contributed by atoms with E-state index >= 15 is 0 Å². The molecule has 0 bridgehead atoms. The van der Waals surface area contributed by atoms with Crippen LogP contribution in [0.2, 0.25) is 0 Å². The zero-order chi connectivity index (χ0) is 14.7. The molecule has 2 heterocycles. The SMILES string of the molecule is Cc1ncc(-c2ccc(NC(=O)Cc3cccs3)cc2)[nH]1. The number of aromatic nitrogens is 2. The summed E-state index contributed by atoms with van der Waals surface area (Å²) in [6, 6.07) is 11.7. The van der Waals surface area contributed by atoms with Crippen LogP contribution in [0.4, 0.5) is 5.69 Å². The van der Waals surface area contributed by atoms with E-state index in [1.165, 1.54) is 0 Å². The molecule has 2 N–H and O–H groups in total. The smallest absolute Gasteiger partial charge is 0.229 e. The van der Waals surface area contributed by atoms with Crippen LogP contribution in [0, 0.1) is 6.92 Å². The van der Waals surface area contributed by atoms with Gasteiger partial charge in [-0.1, -0.05) is 18.2 Å². The van der Waals surface area contributed by atoms with Crippen molar-refractivity contribution in [2.45, 2.75) is 13.3 Å². The lowest BCUT2D eigenvalue weighted by atomic mass is 10.1. The largest absolute Gasteiger partial charge is 0.342 e. The van der Waals surface area contributed by atoms with Gasteiger partial charge in [-0.25, -0.2) is 4.98 Å². The van der Waals surface area contributed by atoms with E-state index in [1.807, 2.05) is 48.7 Å².